The molecule has 4 unspecified atom stereocenters. The van der Waals surface area contributed by atoms with Gasteiger partial charge < -0.3 is 14.9 Å². The van der Waals surface area contributed by atoms with Gasteiger partial charge in [0, 0.05) is 23.8 Å². The van der Waals surface area contributed by atoms with Gasteiger partial charge in [-0.15, -0.1) is 0 Å². The second-order valence-electron chi connectivity index (χ2n) is 9.20. The molecule has 6 heteroatoms. The minimum Gasteiger partial charge on any atom is -0.469 e. The smallest absolute Gasteiger partial charge is 0.305 e. The van der Waals surface area contributed by atoms with Crippen molar-refractivity contribution in [3.05, 3.63) is 34.9 Å². The third-order valence-electron chi connectivity index (χ3n) is 6.57. The molecule has 0 spiro atoms. The quantitative estimate of drug-likeness (QED) is 0.329. The first-order chi connectivity index (χ1) is 14.7. The van der Waals surface area contributed by atoms with Crippen LogP contribution in [0, 0.1) is 11.8 Å². The van der Waals surface area contributed by atoms with Crippen LogP contribution in [-0.2, 0) is 20.7 Å². The summed E-state index contributed by atoms with van der Waals surface area (Å²) in [7, 11) is 1.40. The molecule has 0 amide bonds. The summed E-state index contributed by atoms with van der Waals surface area (Å²) in [6.45, 7) is 1.83. The van der Waals surface area contributed by atoms with Gasteiger partial charge in [-0.3, -0.25) is 9.59 Å². The van der Waals surface area contributed by atoms with Gasteiger partial charge in [0.15, 0.2) is 0 Å². The highest BCUT2D eigenvalue weighted by Gasteiger charge is 2.41. The Labute approximate surface area is 191 Å². The summed E-state index contributed by atoms with van der Waals surface area (Å²) in [5.74, 6) is -0.248. The predicted molar refractivity (Wildman–Crippen MR) is 122 cm³/mol. The Hall–Kier alpha value is -1.43. The molecular formula is C25H37ClO5. The maximum absolute atomic E-state index is 12.4. The van der Waals surface area contributed by atoms with Gasteiger partial charge in [0.1, 0.15) is 5.78 Å². The number of unbranched alkanes of at least 4 members (excludes halogenated alkanes) is 3. The number of aryl methyl sites for hydroxylation is 1. The number of methoxy groups -OCH3 is 1. The molecule has 0 bridgehead atoms. The lowest BCUT2D eigenvalue weighted by Gasteiger charge is -2.28. The third kappa shape index (κ3) is 8.91. The van der Waals surface area contributed by atoms with E-state index in [-0.39, 0.29) is 30.0 Å². The van der Waals surface area contributed by atoms with Gasteiger partial charge in [0.2, 0.25) is 0 Å². The maximum Gasteiger partial charge on any atom is 0.305 e. The zero-order chi connectivity index (χ0) is 22.9. The van der Waals surface area contributed by atoms with E-state index >= 15 is 0 Å². The molecule has 0 saturated heterocycles. The second-order valence-corrected chi connectivity index (χ2v) is 9.64. The molecule has 0 aliphatic heterocycles. The number of rotatable bonds is 13. The van der Waals surface area contributed by atoms with Crippen LogP contribution < -0.4 is 0 Å². The summed E-state index contributed by atoms with van der Waals surface area (Å²) in [6, 6.07) is 7.66. The summed E-state index contributed by atoms with van der Waals surface area (Å²) in [6.07, 6.45) is 6.95. The van der Waals surface area contributed by atoms with Gasteiger partial charge in [0.25, 0.3) is 0 Å². The molecule has 174 valence electrons. The van der Waals surface area contributed by atoms with E-state index in [1.54, 1.807) is 0 Å². The first kappa shape index (κ1) is 25.8. The Kier molecular flexibility index (Phi) is 10.5. The number of carbonyl (C=O) groups is 2. The molecule has 1 fully saturated rings. The molecule has 31 heavy (non-hydrogen) atoms. The van der Waals surface area contributed by atoms with Gasteiger partial charge in [-0.2, -0.15) is 0 Å². The van der Waals surface area contributed by atoms with Gasteiger partial charge in [-0.1, -0.05) is 43.0 Å². The van der Waals surface area contributed by atoms with Crippen LogP contribution in [0.5, 0.6) is 0 Å². The van der Waals surface area contributed by atoms with Crippen molar-refractivity contribution in [3.63, 3.8) is 0 Å². The molecule has 2 rings (SSSR count). The molecule has 1 saturated carbocycles. The van der Waals surface area contributed by atoms with E-state index in [9.17, 15) is 19.8 Å². The number of Topliss-reactive ketones (excluding diaryl/α,β-unsaturated/α-hetero) is 1. The SMILES string of the molecule is COC(=O)CCCCCCC1C(=O)CC(O)C1CCC(C)(O)CCc1cccc(Cl)c1. The zero-order valence-corrected chi connectivity index (χ0v) is 19.6. The third-order valence-corrected chi connectivity index (χ3v) is 6.80. The number of hydrogen-bond donors (Lipinski definition) is 2. The van der Waals surface area contributed by atoms with E-state index in [1.165, 1.54) is 7.11 Å². The minimum absolute atomic E-state index is 0.0831. The topological polar surface area (TPSA) is 83.8 Å². The molecule has 4 atom stereocenters. The Morgan fingerprint density at radius 2 is 1.94 bits per heavy atom. The van der Waals surface area contributed by atoms with Crippen molar-refractivity contribution in [2.24, 2.45) is 11.8 Å². The van der Waals surface area contributed by atoms with Gasteiger partial charge in [0.05, 0.1) is 18.8 Å². The van der Waals surface area contributed by atoms with Gasteiger partial charge in [-0.25, -0.2) is 0 Å². The van der Waals surface area contributed by atoms with Crippen molar-refractivity contribution in [3.8, 4) is 0 Å². The van der Waals surface area contributed by atoms with Crippen LogP contribution in [0.1, 0.15) is 76.7 Å². The standard InChI is InChI=1S/C25H37ClO5/c1-25(30,14-12-18-8-7-9-19(26)16-18)15-13-21-20(22(27)17-23(21)28)10-5-3-4-6-11-24(29)31-2/h7-9,16,20-21,23,28,30H,3-6,10-15,17H2,1-2H3. The van der Waals surface area contributed by atoms with Gasteiger partial charge >= 0.3 is 5.97 Å². The fourth-order valence-corrected chi connectivity index (χ4v) is 4.80. The molecule has 0 heterocycles. The number of carbonyl (C=O) groups excluding carboxylic acids is 2. The molecule has 1 aliphatic rings. The lowest BCUT2D eigenvalue weighted by molar-refractivity contribution is -0.140. The normalized spacial score (nSPS) is 23.0. The Morgan fingerprint density at radius 3 is 2.65 bits per heavy atom. The molecule has 2 N–H and O–H groups in total. The maximum atomic E-state index is 12.4. The highest BCUT2D eigenvalue weighted by atomic mass is 35.5. The van der Waals surface area contributed by atoms with Crippen molar-refractivity contribution in [2.45, 2.75) is 89.3 Å². The zero-order valence-electron chi connectivity index (χ0n) is 18.8. The van der Waals surface area contributed by atoms with Gasteiger partial charge in [-0.05, 0) is 69.1 Å². The van der Waals surface area contributed by atoms with Crippen LogP contribution in [0.2, 0.25) is 5.02 Å². The van der Waals surface area contributed by atoms with E-state index in [1.807, 2.05) is 31.2 Å². The van der Waals surface area contributed by atoms with Crippen LogP contribution in [0.3, 0.4) is 0 Å². The second kappa shape index (κ2) is 12.6. The lowest BCUT2D eigenvalue weighted by atomic mass is 9.82. The molecule has 1 aliphatic carbocycles. The van der Waals surface area contributed by atoms with Crippen molar-refractivity contribution in [1.29, 1.82) is 0 Å². The number of ketones is 1. The van der Waals surface area contributed by atoms with E-state index in [0.717, 1.165) is 44.1 Å². The molecule has 0 radical (unpaired) electrons. The van der Waals surface area contributed by atoms with Crippen LogP contribution >= 0.6 is 11.6 Å². The fourth-order valence-electron chi connectivity index (χ4n) is 4.58. The average molecular weight is 453 g/mol. The van der Waals surface area contributed by atoms with E-state index in [2.05, 4.69) is 4.74 Å². The molecular weight excluding hydrogens is 416 g/mol. The lowest BCUT2D eigenvalue weighted by Crippen LogP contribution is -2.29. The number of benzene rings is 1. The van der Waals surface area contributed by atoms with Crippen molar-refractivity contribution >= 4 is 23.4 Å². The first-order valence-electron chi connectivity index (χ1n) is 11.5. The number of esters is 1. The number of halogens is 1. The molecule has 5 nitrogen and oxygen atoms in total. The van der Waals surface area contributed by atoms with E-state index < -0.39 is 11.7 Å². The van der Waals surface area contributed by atoms with Crippen molar-refractivity contribution in [2.75, 3.05) is 7.11 Å². The van der Waals surface area contributed by atoms with Crippen molar-refractivity contribution < 1.29 is 24.5 Å². The largest absolute Gasteiger partial charge is 0.469 e. The van der Waals surface area contributed by atoms with Crippen molar-refractivity contribution in [1.82, 2.24) is 0 Å². The summed E-state index contributed by atoms with van der Waals surface area (Å²) in [5, 5.41) is 22.0. The summed E-state index contributed by atoms with van der Waals surface area (Å²) < 4.78 is 4.64. The van der Waals surface area contributed by atoms with Crippen LogP contribution in [0.15, 0.2) is 24.3 Å². The minimum atomic E-state index is -0.855. The molecule has 0 aromatic heterocycles. The Bertz CT molecular complexity index is 718. The van der Waals surface area contributed by atoms with Crippen LogP contribution in [0.4, 0.5) is 0 Å². The van der Waals surface area contributed by atoms with E-state index in [0.29, 0.717) is 30.7 Å². The Balaban J connectivity index is 1.76. The number of aliphatic hydroxyl groups is 2. The molecule has 1 aromatic carbocycles. The highest BCUT2D eigenvalue weighted by Crippen LogP contribution is 2.38. The number of hydrogen-bond acceptors (Lipinski definition) is 5. The number of aliphatic hydroxyl groups excluding tert-OH is 1. The predicted octanol–water partition coefficient (Wildman–Crippen LogP) is 4.88. The summed E-state index contributed by atoms with van der Waals surface area (Å²) in [4.78, 5) is 23.6. The van der Waals surface area contributed by atoms with E-state index in [4.69, 9.17) is 11.6 Å². The summed E-state index contributed by atoms with van der Waals surface area (Å²) in [5.41, 5.74) is 0.237. The van der Waals surface area contributed by atoms with Crippen LogP contribution in [0.25, 0.3) is 0 Å². The van der Waals surface area contributed by atoms with Crippen LogP contribution in [-0.4, -0.2) is 40.8 Å². The fraction of sp³-hybridized carbons (Fsp3) is 0.680. The molecule has 1 aromatic rings. The summed E-state index contributed by atoms with van der Waals surface area (Å²) >= 11 is 6.04. The highest BCUT2D eigenvalue weighted by molar-refractivity contribution is 6.30. The average Bonchev–Trinajstić information content (AvgIpc) is 3.00. The number of ether oxygens (including phenoxy) is 1. The first-order valence-corrected chi connectivity index (χ1v) is 11.8. The monoisotopic (exact) mass is 452 g/mol. The Morgan fingerprint density at radius 1 is 1.19 bits per heavy atom.